The van der Waals surface area contributed by atoms with Crippen molar-refractivity contribution in [2.75, 3.05) is 11.9 Å². The molecule has 1 N–H and O–H groups in total. The predicted octanol–water partition coefficient (Wildman–Crippen LogP) is 3.63. The second-order valence-electron chi connectivity index (χ2n) is 3.43. The molecule has 5 heteroatoms. The third-order valence-electron chi connectivity index (χ3n) is 2.17. The van der Waals surface area contributed by atoms with Crippen molar-refractivity contribution in [2.24, 2.45) is 0 Å². The Morgan fingerprint density at radius 1 is 1.38 bits per heavy atom. The summed E-state index contributed by atoms with van der Waals surface area (Å²) in [4.78, 5) is 8.83. The van der Waals surface area contributed by atoms with Crippen molar-refractivity contribution in [1.29, 1.82) is 0 Å². The maximum Gasteiger partial charge on any atom is 0.137 e. The lowest BCUT2D eigenvalue weighted by molar-refractivity contribution is 1.07. The molecule has 0 aliphatic heterocycles. The lowest BCUT2D eigenvalue weighted by Gasteiger charge is -2.09. The molecule has 0 aliphatic rings. The van der Waals surface area contributed by atoms with Gasteiger partial charge in [0.1, 0.15) is 11.6 Å². The summed E-state index contributed by atoms with van der Waals surface area (Å²) in [7, 11) is 0. The van der Waals surface area contributed by atoms with Crippen LogP contribution < -0.4 is 5.32 Å². The first-order valence-electron chi connectivity index (χ1n) is 4.99. The van der Waals surface area contributed by atoms with Gasteiger partial charge in [-0.25, -0.2) is 9.97 Å². The molecule has 1 heterocycles. The lowest BCUT2D eigenvalue weighted by Crippen LogP contribution is -2.03. The third-order valence-corrected chi connectivity index (χ3v) is 3.22. The van der Waals surface area contributed by atoms with Crippen molar-refractivity contribution in [3.05, 3.63) is 26.5 Å². The summed E-state index contributed by atoms with van der Waals surface area (Å²) >= 11 is 8.29. The predicted molar refractivity (Wildman–Crippen MR) is 76.2 cm³/mol. The monoisotopic (exact) mass is 347 g/mol. The minimum absolute atomic E-state index is 0.712. The van der Waals surface area contributed by atoms with Crippen LogP contribution in [0.5, 0.6) is 0 Å². The van der Waals surface area contributed by atoms with Crippen molar-refractivity contribution in [3.63, 3.8) is 0 Å². The second kappa shape index (κ2) is 4.71. The van der Waals surface area contributed by atoms with E-state index in [0.29, 0.717) is 5.02 Å². The molecular weight excluding hydrogens is 336 g/mol. The molecule has 1 aromatic carbocycles. The zero-order valence-corrected chi connectivity index (χ0v) is 11.9. The third kappa shape index (κ3) is 2.22. The Morgan fingerprint density at radius 3 is 2.81 bits per heavy atom. The van der Waals surface area contributed by atoms with Gasteiger partial charge in [0.05, 0.1) is 5.52 Å². The zero-order valence-electron chi connectivity index (χ0n) is 9.01. The number of halogens is 2. The Labute approximate surface area is 113 Å². The number of nitrogens with zero attached hydrogens (tertiary/aromatic N) is 2. The van der Waals surface area contributed by atoms with Gasteiger partial charge in [0, 0.05) is 20.5 Å². The second-order valence-corrected chi connectivity index (χ2v) is 5.03. The fraction of sp³-hybridized carbons (Fsp3) is 0.273. The van der Waals surface area contributed by atoms with Gasteiger partial charge in [0.15, 0.2) is 0 Å². The van der Waals surface area contributed by atoms with Gasteiger partial charge in [-0.3, -0.25) is 0 Å². The molecule has 1 aromatic heterocycles. The average molecular weight is 348 g/mol. The number of hydrogen-bond acceptors (Lipinski definition) is 3. The minimum Gasteiger partial charge on any atom is -0.370 e. The van der Waals surface area contributed by atoms with E-state index in [9.17, 15) is 0 Å². The van der Waals surface area contributed by atoms with Crippen molar-refractivity contribution in [1.82, 2.24) is 9.97 Å². The molecule has 2 rings (SSSR count). The highest BCUT2D eigenvalue weighted by Gasteiger charge is 2.09. The fourth-order valence-electron chi connectivity index (χ4n) is 1.57. The van der Waals surface area contributed by atoms with Crippen LogP contribution in [0.15, 0.2) is 12.1 Å². The molecule has 3 nitrogen and oxygen atoms in total. The number of hydrogen-bond donors (Lipinski definition) is 1. The van der Waals surface area contributed by atoms with Gasteiger partial charge in [0.25, 0.3) is 0 Å². The maximum absolute atomic E-state index is 6.05. The largest absolute Gasteiger partial charge is 0.370 e. The van der Waals surface area contributed by atoms with Crippen LogP contribution in [0.4, 0.5) is 5.82 Å². The first-order valence-corrected chi connectivity index (χ1v) is 6.44. The van der Waals surface area contributed by atoms with E-state index in [-0.39, 0.29) is 0 Å². The van der Waals surface area contributed by atoms with Crippen LogP contribution >= 0.6 is 34.2 Å². The van der Waals surface area contributed by atoms with E-state index in [0.717, 1.165) is 32.7 Å². The molecule has 0 saturated carbocycles. The molecule has 0 spiro atoms. The molecule has 0 aliphatic carbocycles. The normalized spacial score (nSPS) is 10.8. The van der Waals surface area contributed by atoms with Gasteiger partial charge in [-0.05, 0) is 48.6 Å². The number of benzene rings is 1. The van der Waals surface area contributed by atoms with Gasteiger partial charge in [0.2, 0.25) is 0 Å². The number of anilines is 1. The molecule has 0 amide bonds. The number of fused-ring (bicyclic) bond motifs is 1. The molecular formula is C11H11ClIN3. The molecule has 0 radical (unpaired) electrons. The summed E-state index contributed by atoms with van der Waals surface area (Å²) in [5.41, 5.74) is 0.952. The van der Waals surface area contributed by atoms with Crippen LogP contribution in [0, 0.1) is 10.5 Å². The summed E-state index contributed by atoms with van der Waals surface area (Å²) in [5, 5.41) is 4.92. The molecule has 2 aromatic rings. The van der Waals surface area contributed by atoms with E-state index >= 15 is 0 Å². The van der Waals surface area contributed by atoms with Gasteiger partial charge < -0.3 is 5.32 Å². The summed E-state index contributed by atoms with van der Waals surface area (Å²) < 4.78 is 1.05. The summed E-state index contributed by atoms with van der Waals surface area (Å²) in [5.74, 6) is 1.62. The van der Waals surface area contributed by atoms with Crippen LogP contribution in [0.3, 0.4) is 0 Å². The topological polar surface area (TPSA) is 37.8 Å². The molecule has 16 heavy (non-hydrogen) atoms. The molecule has 0 atom stereocenters. The first-order chi connectivity index (χ1) is 7.61. The highest BCUT2D eigenvalue weighted by Crippen LogP contribution is 2.28. The Morgan fingerprint density at radius 2 is 2.12 bits per heavy atom. The Balaban J connectivity index is 2.78. The number of nitrogens with one attached hydrogen (secondary N) is 1. The van der Waals surface area contributed by atoms with E-state index in [1.54, 1.807) is 0 Å². The average Bonchev–Trinajstić information content (AvgIpc) is 2.20. The van der Waals surface area contributed by atoms with Gasteiger partial charge in [-0.1, -0.05) is 11.6 Å². The Kier molecular flexibility index (Phi) is 3.49. The van der Waals surface area contributed by atoms with Crippen molar-refractivity contribution in [2.45, 2.75) is 13.8 Å². The number of aromatic nitrogens is 2. The Bertz CT molecular complexity index is 542. The number of rotatable bonds is 2. The van der Waals surface area contributed by atoms with E-state index < -0.39 is 0 Å². The first kappa shape index (κ1) is 11.9. The van der Waals surface area contributed by atoms with Gasteiger partial charge in [-0.15, -0.1) is 0 Å². The van der Waals surface area contributed by atoms with E-state index in [1.807, 2.05) is 26.0 Å². The molecule has 0 saturated heterocycles. The smallest absolute Gasteiger partial charge is 0.137 e. The van der Waals surface area contributed by atoms with Crippen LogP contribution in [0.2, 0.25) is 5.02 Å². The van der Waals surface area contributed by atoms with E-state index in [2.05, 4.69) is 37.9 Å². The van der Waals surface area contributed by atoms with Crippen molar-refractivity contribution in [3.8, 4) is 0 Å². The summed E-state index contributed by atoms with van der Waals surface area (Å²) in [6.45, 7) is 4.76. The van der Waals surface area contributed by atoms with Crippen LogP contribution in [-0.2, 0) is 0 Å². The maximum atomic E-state index is 6.05. The zero-order chi connectivity index (χ0) is 11.7. The van der Waals surface area contributed by atoms with Gasteiger partial charge >= 0.3 is 0 Å². The van der Waals surface area contributed by atoms with Crippen molar-refractivity contribution < 1.29 is 0 Å². The molecule has 0 bridgehead atoms. The van der Waals surface area contributed by atoms with Crippen LogP contribution in [0.1, 0.15) is 12.7 Å². The molecule has 84 valence electrons. The summed E-state index contributed by atoms with van der Waals surface area (Å²) in [6.07, 6.45) is 0. The quantitative estimate of drug-likeness (QED) is 0.843. The fourth-order valence-corrected chi connectivity index (χ4v) is 2.72. The van der Waals surface area contributed by atoms with E-state index in [4.69, 9.17) is 11.6 Å². The standard InChI is InChI=1S/C11H11ClIN3/c1-3-14-11-8-4-7(12)5-9(13)10(8)15-6(2)16-11/h4-5H,3H2,1-2H3,(H,14,15,16). The number of aryl methyl sites for hydroxylation is 1. The minimum atomic E-state index is 0.712. The van der Waals surface area contributed by atoms with Crippen LogP contribution in [0.25, 0.3) is 10.9 Å². The SMILES string of the molecule is CCNc1nc(C)nc2c(I)cc(Cl)cc12. The van der Waals surface area contributed by atoms with Gasteiger partial charge in [-0.2, -0.15) is 0 Å². The van der Waals surface area contributed by atoms with Crippen LogP contribution in [-0.4, -0.2) is 16.5 Å². The summed E-state index contributed by atoms with van der Waals surface area (Å²) in [6, 6.07) is 3.81. The highest BCUT2D eigenvalue weighted by atomic mass is 127. The molecule has 0 fully saturated rings. The lowest BCUT2D eigenvalue weighted by atomic mass is 10.2. The van der Waals surface area contributed by atoms with Crippen molar-refractivity contribution >= 4 is 50.9 Å². The Hall–Kier alpha value is -0.620. The molecule has 0 unspecified atom stereocenters. The highest BCUT2D eigenvalue weighted by molar-refractivity contribution is 14.1. The van der Waals surface area contributed by atoms with E-state index in [1.165, 1.54) is 0 Å².